The molecule has 2 rings (SSSR count). The molecule has 0 radical (unpaired) electrons. The molecule has 2 heterocycles. The summed E-state index contributed by atoms with van der Waals surface area (Å²) in [7, 11) is 0. The molecule has 0 aromatic carbocycles. The first-order valence-electron chi connectivity index (χ1n) is 5.72. The van der Waals surface area contributed by atoms with Crippen LogP contribution in [0.5, 0.6) is 0 Å². The Morgan fingerprint density at radius 2 is 2.20 bits per heavy atom. The molecule has 5 N–H and O–H groups in total. The summed E-state index contributed by atoms with van der Waals surface area (Å²) in [5.74, 6) is -0.576. The molecule has 104 valence electrons. The van der Waals surface area contributed by atoms with Crippen molar-refractivity contribution in [3.8, 4) is 5.82 Å². The van der Waals surface area contributed by atoms with E-state index in [4.69, 9.17) is 11.5 Å². The first-order valence-corrected chi connectivity index (χ1v) is 5.72. The third kappa shape index (κ3) is 3.36. The van der Waals surface area contributed by atoms with E-state index in [1.165, 1.54) is 23.5 Å². The van der Waals surface area contributed by atoms with Gasteiger partial charge in [0.1, 0.15) is 12.7 Å². The Bertz CT molecular complexity index is 594. The Morgan fingerprint density at radius 3 is 2.75 bits per heavy atom. The quantitative estimate of drug-likeness (QED) is 0.626. The molecule has 0 fully saturated rings. The van der Waals surface area contributed by atoms with Crippen LogP contribution >= 0.6 is 0 Å². The molecule has 2 amide bonds. The zero-order chi connectivity index (χ0) is 14.5. The van der Waals surface area contributed by atoms with Gasteiger partial charge in [-0.3, -0.25) is 9.59 Å². The lowest BCUT2D eigenvalue weighted by Gasteiger charge is -2.10. The molecule has 0 bridgehead atoms. The fraction of sp³-hybridized carbons (Fsp3) is 0.182. The predicted octanol–water partition coefficient (Wildman–Crippen LogP) is -1.20. The Kier molecular flexibility index (Phi) is 4.01. The molecule has 9 nitrogen and oxygen atoms in total. The molecule has 0 saturated heterocycles. The summed E-state index contributed by atoms with van der Waals surface area (Å²) >= 11 is 0. The van der Waals surface area contributed by atoms with Crippen molar-refractivity contribution in [1.82, 2.24) is 19.7 Å². The number of nitrogens with zero attached hydrogens (tertiary/aromatic N) is 4. The van der Waals surface area contributed by atoms with Crippen LogP contribution in [0, 0.1) is 0 Å². The first-order chi connectivity index (χ1) is 9.56. The van der Waals surface area contributed by atoms with Crippen molar-refractivity contribution in [3.63, 3.8) is 0 Å². The second-order valence-corrected chi connectivity index (χ2v) is 4.01. The SMILES string of the molecule is NC(=O)CC(N)C(=O)Nc1ccc(-n2cncn2)nc1. The molecule has 0 saturated carbocycles. The Hall–Kier alpha value is -2.81. The van der Waals surface area contributed by atoms with Crippen molar-refractivity contribution in [2.45, 2.75) is 12.5 Å². The third-order valence-electron chi connectivity index (χ3n) is 2.43. The molecule has 0 aliphatic carbocycles. The van der Waals surface area contributed by atoms with E-state index in [0.29, 0.717) is 11.5 Å². The normalized spacial score (nSPS) is 11.8. The summed E-state index contributed by atoms with van der Waals surface area (Å²) in [6, 6.07) is 2.31. The van der Waals surface area contributed by atoms with Gasteiger partial charge in [0, 0.05) is 0 Å². The van der Waals surface area contributed by atoms with E-state index in [1.807, 2.05) is 0 Å². The number of pyridine rings is 1. The van der Waals surface area contributed by atoms with Crippen LogP contribution in [0.25, 0.3) is 5.82 Å². The standard InChI is InChI=1S/C11H13N7O2/c12-8(3-9(13)19)11(20)17-7-1-2-10(15-4-7)18-6-14-5-16-18/h1-2,4-6,8H,3,12H2,(H2,13,19)(H,17,20). The van der Waals surface area contributed by atoms with Crippen molar-refractivity contribution < 1.29 is 9.59 Å². The number of rotatable bonds is 5. The lowest BCUT2D eigenvalue weighted by Crippen LogP contribution is -2.39. The number of primary amides is 1. The summed E-state index contributed by atoms with van der Waals surface area (Å²) in [4.78, 5) is 30.2. The van der Waals surface area contributed by atoms with Crippen molar-refractivity contribution in [2.75, 3.05) is 5.32 Å². The number of carbonyl (C=O) groups excluding carboxylic acids is 2. The van der Waals surface area contributed by atoms with Crippen molar-refractivity contribution in [1.29, 1.82) is 0 Å². The van der Waals surface area contributed by atoms with Gasteiger partial charge in [-0.05, 0) is 12.1 Å². The summed E-state index contributed by atoms with van der Waals surface area (Å²) in [5, 5.41) is 6.46. The number of nitrogens with two attached hydrogens (primary N) is 2. The Balaban J connectivity index is 2.00. The van der Waals surface area contributed by atoms with Crippen LogP contribution in [0.3, 0.4) is 0 Å². The number of nitrogens with one attached hydrogen (secondary N) is 1. The lowest BCUT2D eigenvalue weighted by atomic mass is 10.2. The molecule has 0 spiro atoms. The highest BCUT2D eigenvalue weighted by Crippen LogP contribution is 2.09. The van der Waals surface area contributed by atoms with Gasteiger partial charge in [-0.25, -0.2) is 14.6 Å². The van der Waals surface area contributed by atoms with Gasteiger partial charge in [0.15, 0.2) is 5.82 Å². The van der Waals surface area contributed by atoms with E-state index in [2.05, 4.69) is 20.4 Å². The first kappa shape index (κ1) is 13.6. The highest BCUT2D eigenvalue weighted by molar-refractivity contribution is 5.97. The van der Waals surface area contributed by atoms with Crippen molar-refractivity contribution in [2.24, 2.45) is 11.5 Å². The monoisotopic (exact) mass is 275 g/mol. The van der Waals surface area contributed by atoms with Gasteiger partial charge in [-0.2, -0.15) is 5.10 Å². The van der Waals surface area contributed by atoms with Gasteiger partial charge < -0.3 is 16.8 Å². The molecule has 0 aliphatic rings. The fourth-order valence-electron chi connectivity index (χ4n) is 1.47. The van der Waals surface area contributed by atoms with Gasteiger partial charge >= 0.3 is 0 Å². The Morgan fingerprint density at radius 1 is 1.40 bits per heavy atom. The molecule has 9 heteroatoms. The van der Waals surface area contributed by atoms with Gasteiger partial charge in [0.25, 0.3) is 0 Å². The largest absolute Gasteiger partial charge is 0.370 e. The summed E-state index contributed by atoms with van der Waals surface area (Å²) in [6.07, 6.45) is 4.13. The van der Waals surface area contributed by atoms with Crippen LogP contribution < -0.4 is 16.8 Å². The van der Waals surface area contributed by atoms with Crippen LogP contribution in [-0.4, -0.2) is 37.6 Å². The summed E-state index contributed by atoms with van der Waals surface area (Å²) in [5.41, 5.74) is 10.9. The molecule has 1 atom stereocenters. The second-order valence-electron chi connectivity index (χ2n) is 4.01. The topological polar surface area (TPSA) is 142 Å². The number of carbonyl (C=O) groups is 2. The van der Waals surface area contributed by atoms with Gasteiger partial charge in [-0.1, -0.05) is 0 Å². The average Bonchev–Trinajstić information content (AvgIpc) is 2.92. The summed E-state index contributed by atoms with van der Waals surface area (Å²) in [6.45, 7) is 0. The van der Waals surface area contributed by atoms with Gasteiger partial charge in [0.05, 0.1) is 24.3 Å². The van der Waals surface area contributed by atoms with E-state index in [-0.39, 0.29) is 6.42 Å². The molecule has 2 aromatic rings. The maximum absolute atomic E-state index is 11.7. The zero-order valence-corrected chi connectivity index (χ0v) is 10.4. The molecular formula is C11H13N7O2. The van der Waals surface area contributed by atoms with E-state index in [1.54, 1.807) is 12.1 Å². The number of anilines is 1. The predicted molar refractivity (Wildman–Crippen MR) is 69.6 cm³/mol. The average molecular weight is 275 g/mol. The number of hydrogen-bond acceptors (Lipinski definition) is 6. The van der Waals surface area contributed by atoms with Crippen molar-refractivity contribution in [3.05, 3.63) is 31.0 Å². The maximum Gasteiger partial charge on any atom is 0.241 e. The number of aromatic nitrogens is 4. The van der Waals surface area contributed by atoms with Crippen LogP contribution in [0.2, 0.25) is 0 Å². The lowest BCUT2D eigenvalue weighted by molar-refractivity contribution is -0.123. The zero-order valence-electron chi connectivity index (χ0n) is 10.4. The fourth-order valence-corrected chi connectivity index (χ4v) is 1.47. The number of hydrogen-bond donors (Lipinski definition) is 3. The third-order valence-corrected chi connectivity index (χ3v) is 2.43. The summed E-state index contributed by atoms with van der Waals surface area (Å²) < 4.78 is 1.48. The second kappa shape index (κ2) is 5.89. The highest BCUT2D eigenvalue weighted by Gasteiger charge is 2.16. The minimum absolute atomic E-state index is 0.212. The van der Waals surface area contributed by atoms with Crippen LogP contribution in [0.15, 0.2) is 31.0 Å². The van der Waals surface area contributed by atoms with Crippen LogP contribution in [0.1, 0.15) is 6.42 Å². The Labute approximate surface area is 114 Å². The van der Waals surface area contributed by atoms with Crippen LogP contribution in [0.4, 0.5) is 5.69 Å². The highest BCUT2D eigenvalue weighted by atomic mass is 16.2. The number of amides is 2. The molecule has 1 unspecified atom stereocenters. The van der Waals surface area contributed by atoms with E-state index in [0.717, 1.165) is 0 Å². The molecule has 2 aromatic heterocycles. The minimum Gasteiger partial charge on any atom is -0.370 e. The molecule has 20 heavy (non-hydrogen) atoms. The van der Waals surface area contributed by atoms with Gasteiger partial charge in [-0.15, -0.1) is 0 Å². The van der Waals surface area contributed by atoms with E-state index >= 15 is 0 Å². The van der Waals surface area contributed by atoms with E-state index < -0.39 is 17.9 Å². The smallest absolute Gasteiger partial charge is 0.241 e. The van der Waals surface area contributed by atoms with Gasteiger partial charge in [0.2, 0.25) is 11.8 Å². The minimum atomic E-state index is -0.984. The van der Waals surface area contributed by atoms with E-state index in [9.17, 15) is 9.59 Å². The van der Waals surface area contributed by atoms with Crippen LogP contribution in [-0.2, 0) is 9.59 Å². The maximum atomic E-state index is 11.7. The molecule has 0 aliphatic heterocycles. The van der Waals surface area contributed by atoms with Crippen molar-refractivity contribution >= 4 is 17.5 Å². The molecular weight excluding hydrogens is 262 g/mol.